The summed E-state index contributed by atoms with van der Waals surface area (Å²) >= 11 is 0. The molecule has 3 heterocycles. The minimum atomic E-state index is -0.339. The van der Waals surface area contributed by atoms with Crippen molar-refractivity contribution in [2.24, 2.45) is 5.92 Å². The predicted octanol–water partition coefficient (Wildman–Crippen LogP) is 1.90. The van der Waals surface area contributed by atoms with E-state index in [2.05, 4.69) is 21.3 Å². The SMILES string of the molecule is O=C(Nc1cccc(CN2CCOCC2)c1)C1CC(=O)N(Cc2ccccn2)C1. The number of rotatable bonds is 6. The molecule has 29 heavy (non-hydrogen) atoms. The van der Waals surface area contributed by atoms with Gasteiger partial charge in [0.05, 0.1) is 31.4 Å². The lowest BCUT2D eigenvalue weighted by Gasteiger charge is -2.26. The smallest absolute Gasteiger partial charge is 0.229 e. The summed E-state index contributed by atoms with van der Waals surface area (Å²) in [5, 5.41) is 2.99. The first kappa shape index (κ1) is 19.5. The number of ether oxygens (including phenoxy) is 1. The van der Waals surface area contributed by atoms with Crippen LogP contribution in [0.3, 0.4) is 0 Å². The third-order valence-corrected chi connectivity index (χ3v) is 5.37. The van der Waals surface area contributed by atoms with Crippen molar-refractivity contribution in [3.05, 3.63) is 59.9 Å². The number of hydrogen-bond donors (Lipinski definition) is 1. The van der Waals surface area contributed by atoms with E-state index in [-0.39, 0.29) is 24.2 Å². The first-order valence-corrected chi connectivity index (χ1v) is 10.0. The van der Waals surface area contributed by atoms with Gasteiger partial charge in [-0.15, -0.1) is 0 Å². The van der Waals surface area contributed by atoms with Gasteiger partial charge in [0, 0.05) is 44.5 Å². The first-order chi connectivity index (χ1) is 14.2. The second kappa shape index (κ2) is 9.15. The van der Waals surface area contributed by atoms with Gasteiger partial charge >= 0.3 is 0 Å². The van der Waals surface area contributed by atoms with Crippen molar-refractivity contribution in [2.45, 2.75) is 19.5 Å². The highest BCUT2D eigenvalue weighted by atomic mass is 16.5. The molecule has 4 rings (SSSR count). The van der Waals surface area contributed by atoms with Crippen LogP contribution in [0.5, 0.6) is 0 Å². The topological polar surface area (TPSA) is 74.8 Å². The number of amides is 2. The number of aromatic nitrogens is 1. The van der Waals surface area contributed by atoms with Crippen molar-refractivity contribution in [1.29, 1.82) is 0 Å². The highest BCUT2D eigenvalue weighted by Gasteiger charge is 2.34. The molecule has 1 aromatic carbocycles. The summed E-state index contributed by atoms with van der Waals surface area (Å²) in [4.78, 5) is 33.4. The van der Waals surface area contributed by atoms with Gasteiger partial charge in [-0.25, -0.2) is 0 Å². The van der Waals surface area contributed by atoms with E-state index in [1.165, 1.54) is 0 Å². The van der Waals surface area contributed by atoms with E-state index in [0.717, 1.165) is 49.8 Å². The molecule has 7 nitrogen and oxygen atoms in total. The molecule has 1 unspecified atom stereocenters. The summed E-state index contributed by atoms with van der Waals surface area (Å²) in [5.74, 6) is -0.448. The minimum Gasteiger partial charge on any atom is -0.379 e. The summed E-state index contributed by atoms with van der Waals surface area (Å²) in [6, 6.07) is 13.6. The molecule has 2 fully saturated rings. The van der Waals surface area contributed by atoms with E-state index in [0.29, 0.717) is 13.1 Å². The average molecular weight is 394 g/mol. The fraction of sp³-hybridized carbons (Fsp3) is 0.409. The number of morpholine rings is 1. The number of benzene rings is 1. The number of anilines is 1. The minimum absolute atomic E-state index is 0.00290. The Labute approximate surface area is 170 Å². The first-order valence-electron chi connectivity index (χ1n) is 10.0. The van der Waals surface area contributed by atoms with Gasteiger partial charge in [0.15, 0.2) is 0 Å². The van der Waals surface area contributed by atoms with Crippen molar-refractivity contribution >= 4 is 17.5 Å². The Morgan fingerprint density at radius 3 is 2.79 bits per heavy atom. The standard InChI is InChI=1S/C22H26N4O3/c27-21-13-18(15-26(21)16-20-5-1-2-7-23-20)22(28)24-19-6-3-4-17(12-19)14-25-8-10-29-11-9-25/h1-7,12,18H,8-11,13-16H2,(H,24,28). The molecule has 0 aliphatic carbocycles. The molecule has 2 aliphatic heterocycles. The molecular weight excluding hydrogens is 368 g/mol. The zero-order valence-corrected chi connectivity index (χ0v) is 16.4. The van der Waals surface area contributed by atoms with Gasteiger partial charge in [0.1, 0.15) is 0 Å². The lowest BCUT2D eigenvalue weighted by Crippen LogP contribution is -2.35. The van der Waals surface area contributed by atoms with E-state index >= 15 is 0 Å². The van der Waals surface area contributed by atoms with Crippen LogP contribution in [0.15, 0.2) is 48.7 Å². The summed E-state index contributed by atoms with van der Waals surface area (Å²) in [5.41, 5.74) is 2.76. The maximum atomic E-state index is 12.7. The third kappa shape index (κ3) is 5.19. The van der Waals surface area contributed by atoms with E-state index in [4.69, 9.17) is 4.74 Å². The molecule has 2 amide bonds. The Balaban J connectivity index is 1.33. The fourth-order valence-electron chi connectivity index (χ4n) is 3.80. The number of carbonyl (C=O) groups excluding carboxylic acids is 2. The zero-order valence-electron chi connectivity index (χ0n) is 16.4. The monoisotopic (exact) mass is 394 g/mol. The van der Waals surface area contributed by atoms with Gasteiger partial charge in [-0.1, -0.05) is 18.2 Å². The Morgan fingerprint density at radius 1 is 1.14 bits per heavy atom. The molecule has 7 heteroatoms. The maximum absolute atomic E-state index is 12.7. The van der Waals surface area contributed by atoms with Crippen LogP contribution < -0.4 is 5.32 Å². The average Bonchev–Trinajstić information content (AvgIpc) is 3.10. The van der Waals surface area contributed by atoms with Crippen molar-refractivity contribution < 1.29 is 14.3 Å². The normalized spacial score (nSPS) is 20.1. The Bertz CT molecular complexity index is 852. The Kier molecular flexibility index (Phi) is 6.17. The van der Waals surface area contributed by atoms with Crippen LogP contribution in [0.4, 0.5) is 5.69 Å². The Hall–Kier alpha value is -2.77. The van der Waals surface area contributed by atoms with Crippen LogP contribution in [0.2, 0.25) is 0 Å². The van der Waals surface area contributed by atoms with Crippen molar-refractivity contribution in [2.75, 3.05) is 38.2 Å². The van der Waals surface area contributed by atoms with E-state index in [1.54, 1.807) is 11.1 Å². The van der Waals surface area contributed by atoms with Crippen LogP contribution in [0.1, 0.15) is 17.7 Å². The molecule has 152 valence electrons. The number of hydrogen-bond acceptors (Lipinski definition) is 5. The molecule has 0 spiro atoms. The van der Waals surface area contributed by atoms with Gasteiger partial charge in [-0.05, 0) is 29.8 Å². The van der Waals surface area contributed by atoms with Gasteiger partial charge in [0.2, 0.25) is 11.8 Å². The lowest BCUT2D eigenvalue weighted by molar-refractivity contribution is -0.128. The molecule has 0 radical (unpaired) electrons. The van der Waals surface area contributed by atoms with Crippen LogP contribution >= 0.6 is 0 Å². The Morgan fingerprint density at radius 2 is 2.00 bits per heavy atom. The largest absolute Gasteiger partial charge is 0.379 e. The highest BCUT2D eigenvalue weighted by molar-refractivity contribution is 5.97. The van der Waals surface area contributed by atoms with Crippen LogP contribution in [-0.2, 0) is 27.4 Å². The second-order valence-corrected chi connectivity index (χ2v) is 7.57. The maximum Gasteiger partial charge on any atom is 0.229 e. The van der Waals surface area contributed by atoms with Gasteiger partial charge in [0.25, 0.3) is 0 Å². The highest BCUT2D eigenvalue weighted by Crippen LogP contribution is 2.22. The molecule has 1 N–H and O–H groups in total. The second-order valence-electron chi connectivity index (χ2n) is 7.57. The van der Waals surface area contributed by atoms with Crippen LogP contribution in [-0.4, -0.2) is 59.4 Å². The van der Waals surface area contributed by atoms with Crippen LogP contribution in [0.25, 0.3) is 0 Å². The van der Waals surface area contributed by atoms with Gasteiger partial charge in [-0.3, -0.25) is 19.5 Å². The molecule has 2 aromatic rings. The molecule has 2 aliphatic rings. The zero-order chi connectivity index (χ0) is 20.1. The summed E-state index contributed by atoms with van der Waals surface area (Å²) in [7, 11) is 0. The number of nitrogens with zero attached hydrogens (tertiary/aromatic N) is 3. The molecule has 0 saturated carbocycles. The lowest BCUT2D eigenvalue weighted by atomic mass is 10.1. The van der Waals surface area contributed by atoms with Gasteiger partial charge < -0.3 is 15.0 Å². The van der Waals surface area contributed by atoms with Crippen molar-refractivity contribution in [3.8, 4) is 0 Å². The number of pyridine rings is 1. The van der Waals surface area contributed by atoms with Crippen molar-refractivity contribution in [1.82, 2.24) is 14.8 Å². The molecule has 2 saturated heterocycles. The predicted molar refractivity (Wildman–Crippen MR) is 109 cm³/mol. The van der Waals surface area contributed by atoms with Crippen LogP contribution in [0, 0.1) is 5.92 Å². The summed E-state index contributed by atoms with van der Waals surface area (Å²) < 4.78 is 5.39. The third-order valence-electron chi connectivity index (χ3n) is 5.37. The quantitative estimate of drug-likeness (QED) is 0.810. The van der Waals surface area contributed by atoms with Gasteiger partial charge in [-0.2, -0.15) is 0 Å². The van der Waals surface area contributed by atoms with E-state index < -0.39 is 0 Å². The summed E-state index contributed by atoms with van der Waals surface area (Å²) in [6.45, 7) is 5.09. The van der Waals surface area contributed by atoms with E-state index in [9.17, 15) is 9.59 Å². The van der Waals surface area contributed by atoms with E-state index in [1.807, 2.05) is 36.4 Å². The fourth-order valence-corrected chi connectivity index (χ4v) is 3.80. The number of carbonyl (C=O) groups is 2. The number of likely N-dealkylation sites (tertiary alicyclic amines) is 1. The molecule has 1 aromatic heterocycles. The summed E-state index contributed by atoms with van der Waals surface area (Å²) in [6.07, 6.45) is 1.95. The van der Waals surface area contributed by atoms with Crippen molar-refractivity contribution in [3.63, 3.8) is 0 Å². The molecular formula is C22H26N4O3. The molecule has 1 atom stereocenters. The molecule has 0 bridgehead atoms. The number of nitrogens with one attached hydrogen (secondary N) is 1.